The van der Waals surface area contributed by atoms with Crippen molar-refractivity contribution in [1.82, 2.24) is 4.90 Å². The van der Waals surface area contributed by atoms with Crippen molar-refractivity contribution in [2.75, 3.05) is 37.0 Å². The molecule has 146 valence electrons. The van der Waals surface area contributed by atoms with Crippen LogP contribution in [0.25, 0.3) is 0 Å². The Kier molecular flexibility index (Phi) is 5.63. The Bertz CT molecular complexity index is 908. The fraction of sp³-hybridized carbons (Fsp3) is 0.286. The molecule has 0 aromatic heterocycles. The van der Waals surface area contributed by atoms with E-state index in [2.05, 4.69) is 5.32 Å². The lowest BCUT2D eigenvalue weighted by Crippen LogP contribution is -2.56. The summed E-state index contributed by atoms with van der Waals surface area (Å²) in [5.41, 5.74) is 3.37. The fourth-order valence-corrected chi connectivity index (χ4v) is 3.15. The first-order valence-electron chi connectivity index (χ1n) is 9.01. The van der Waals surface area contributed by atoms with Crippen LogP contribution in [0.3, 0.4) is 0 Å². The number of piperazine rings is 1. The lowest BCUT2D eigenvalue weighted by atomic mass is 10.1. The first-order valence-corrected chi connectivity index (χ1v) is 9.01. The Balaban J connectivity index is 1.63. The third-order valence-electron chi connectivity index (χ3n) is 4.68. The van der Waals surface area contributed by atoms with Crippen LogP contribution in [0.2, 0.25) is 0 Å². The van der Waals surface area contributed by atoms with E-state index in [1.807, 2.05) is 32.0 Å². The summed E-state index contributed by atoms with van der Waals surface area (Å²) in [4.78, 5) is 40.0. The molecule has 3 amide bonds. The van der Waals surface area contributed by atoms with E-state index in [-0.39, 0.29) is 19.0 Å². The van der Waals surface area contributed by atoms with E-state index >= 15 is 0 Å². The molecule has 1 aliphatic heterocycles. The van der Waals surface area contributed by atoms with Crippen LogP contribution in [0.4, 0.5) is 11.4 Å². The van der Waals surface area contributed by atoms with E-state index in [1.54, 1.807) is 31.4 Å². The highest BCUT2D eigenvalue weighted by molar-refractivity contribution is 6.41. The molecule has 0 aliphatic carbocycles. The molecule has 0 atom stereocenters. The molecule has 7 nitrogen and oxygen atoms in total. The van der Waals surface area contributed by atoms with Crippen molar-refractivity contribution in [2.45, 2.75) is 13.8 Å². The van der Waals surface area contributed by atoms with Crippen molar-refractivity contribution >= 4 is 29.1 Å². The molecule has 1 N–H and O–H groups in total. The standard InChI is InChI=1S/C21H23N3O4/c1-14-4-9-18(15(2)12-14)22-19(25)13-23-10-11-24(21(27)20(23)26)16-5-7-17(28-3)8-6-16/h4-9,12H,10-11,13H2,1-3H3,(H,22,25). The average Bonchev–Trinajstić information content (AvgIpc) is 2.68. The lowest BCUT2D eigenvalue weighted by molar-refractivity contribution is -0.147. The van der Waals surface area contributed by atoms with E-state index in [0.29, 0.717) is 23.7 Å². The smallest absolute Gasteiger partial charge is 0.316 e. The van der Waals surface area contributed by atoms with Gasteiger partial charge in [0, 0.05) is 24.5 Å². The number of carbonyl (C=O) groups is 3. The molecule has 7 heteroatoms. The van der Waals surface area contributed by atoms with Crippen LogP contribution >= 0.6 is 0 Å². The predicted molar refractivity (Wildman–Crippen MR) is 106 cm³/mol. The van der Waals surface area contributed by atoms with Gasteiger partial charge in [0.05, 0.1) is 7.11 Å². The summed E-state index contributed by atoms with van der Waals surface area (Å²) in [5, 5.41) is 2.80. The van der Waals surface area contributed by atoms with E-state index in [0.717, 1.165) is 11.1 Å². The van der Waals surface area contributed by atoms with Gasteiger partial charge >= 0.3 is 11.8 Å². The normalized spacial score (nSPS) is 14.2. The summed E-state index contributed by atoms with van der Waals surface area (Å²) < 4.78 is 5.11. The number of nitrogens with one attached hydrogen (secondary N) is 1. The SMILES string of the molecule is COc1ccc(N2CCN(CC(=O)Nc3ccc(C)cc3C)C(=O)C2=O)cc1. The van der Waals surface area contributed by atoms with Crippen molar-refractivity contribution in [3.63, 3.8) is 0 Å². The molecule has 0 bridgehead atoms. The zero-order valence-corrected chi connectivity index (χ0v) is 16.2. The van der Waals surface area contributed by atoms with Gasteiger partial charge in [-0.25, -0.2) is 0 Å². The molecule has 28 heavy (non-hydrogen) atoms. The number of nitrogens with zero attached hydrogens (tertiary/aromatic N) is 2. The molecule has 1 aliphatic rings. The average molecular weight is 381 g/mol. The van der Waals surface area contributed by atoms with E-state index < -0.39 is 11.8 Å². The topological polar surface area (TPSA) is 79.0 Å². The number of hydrogen-bond acceptors (Lipinski definition) is 4. The number of methoxy groups -OCH3 is 1. The summed E-state index contributed by atoms with van der Waals surface area (Å²) in [7, 11) is 1.56. The predicted octanol–water partition coefficient (Wildman–Crippen LogP) is 2.13. The van der Waals surface area contributed by atoms with Gasteiger partial charge in [-0.2, -0.15) is 0 Å². The van der Waals surface area contributed by atoms with E-state index in [9.17, 15) is 14.4 Å². The largest absolute Gasteiger partial charge is 0.497 e. The quantitative estimate of drug-likeness (QED) is 0.805. The molecule has 1 heterocycles. The third kappa shape index (κ3) is 4.14. The number of amides is 3. The van der Waals surface area contributed by atoms with Gasteiger partial charge in [0.1, 0.15) is 12.3 Å². The first-order chi connectivity index (χ1) is 13.4. The second kappa shape index (κ2) is 8.12. The number of ether oxygens (including phenoxy) is 1. The number of anilines is 2. The van der Waals surface area contributed by atoms with Crippen LogP contribution in [-0.4, -0.2) is 49.4 Å². The third-order valence-corrected chi connectivity index (χ3v) is 4.68. The molecule has 3 rings (SSSR count). The molecule has 0 radical (unpaired) electrons. The van der Waals surface area contributed by atoms with Gasteiger partial charge in [0.25, 0.3) is 0 Å². The van der Waals surface area contributed by atoms with Gasteiger partial charge in [0.2, 0.25) is 5.91 Å². The summed E-state index contributed by atoms with van der Waals surface area (Å²) in [5.74, 6) is -0.983. The minimum absolute atomic E-state index is 0.158. The molecule has 0 spiro atoms. The highest BCUT2D eigenvalue weighted by Gasteiger charge is 2.34. The Labute approximate surface area is 163 Å². The van der Waals surface area contributed by atoms with Gasteiger partial charge in [-0.3, -0.25) is 14.4 Å². The monoisotopic (exact) mass is 381 g/mol. The second-order valence-electron chi connectivity index (χ2n) is 6.75. The van der Waals surface area contributed by atoms with E-state index in [1.165, 1.54) is 9.80 Å². The van der Waals surface area contributed by atoms with Crippen LogP contribution in [0.5, 0.6) is 5.75 Å². The van der Waals surface area contributed by atoms with Crippen molar-refractivity contribution in [3.8, 4) is 5.75 Å². The maximum absolute atomic E-state index is 12.5. The zero-order valence-electron chi connectivity index (χ0n) is 16.2. The second-order valence-corrected chi connectivity index (χ2v) is 6.75. The van der Waals surface area contributed by atoms with Crippen molar-refractivity contribution in [1.29, 1.82) is 0 Å². The number of carbonyl (C=O) groups excluding carboxylic acids is 3. The number of hydrogen-bond donors (Lipinski definition) is 1. The number of rotatable bonds is 5. The van der Waals surface area contributed by atoms with Crippen LogP contribution in [0.1, 0.15) is 11.1 Å². The maximum Gasteiger partial charge on any atom is 0.316 e. The summed E-state index contributed by atoms with van der Waals surface area (Å²) >= 11 is 0. The Hall–Kier alpha value is -3.35. The van der Waals surface area contributed by atoms with Crippen LogP contribution in [0.15, 0.2) is 42.5 Å². The number of benzene rings is 2. The zero-order chi connectivity index (χ0) is 20.3. The van der Waals surface area contributed by atoms with Crippen LogP contribution < -0.4 is 15.0 Å². The Morgan fingerprint density at radius 3 is 2.39 bits per heavy atom. The highest BCUT2D eigenvalue weighted by atomic mass is 16.5. The molecule has 1 fully saturated rings. The molecule has 2 aromatic rings. The summed E-state index contributed by atoms with van der Waals surface area (Å²) in [6.45, 7) is 4.34. The number of aryl methyl sites for hydroxylation is 2. The molecular formula is C21H23N3O4. The van der Waals surface area contributed by atoms with Crippen LogP contribution in [-0.2, 0) is 14.4 Å². The fourth-order valence-electron chi connectivity index (χ4n) is 3.15. The molecule has 1 saturated heterocycles. The van der Waals surface area contributed by atoms with Gasteiger partial charge in [-0.1, -0.05) is 17.7 Å². The lowest BCUT2D eigenvalue weighted by Gasteiger charge is -2.33. The molecule has 0 unspecified atom stereocenters. The highest BCUT2D eigenvalue weighted by Crippen LogP contribution is 2.22. The van der Waals surface area contributed by atoms with Gasteiger partial charge in [-0.15, -0.1) is 0 Å². The molecular weight excluding hydrogens is 358 g/mol. The summed E-state index contributed by atoms with van der Waals surface area (Å²) in [6, 6.07) is 12.6. The van der Waals surface area contributed by atoms with Gasteiger partial charge in [-0.05, 0) is 49.7 Å². The Morgan fingerprint density at radius 1 is 1.04 bits per heavy atom. The first kappa shape index (κ1) is 19.4. The molecule has 0 saturated carbocycles. The van der Waals surface area contributed by atoms with E-state index in [4.69, 9.17) is 4.74 Å². The van der Waals surface area contributed by atoms with Crippen molar-refractivity contribution in [3.05, 3.63) is 53.6 Å². The van der Waals surface area contributed by atoms with Crippen molar-refractivity contribution < 1.29 is 19.1 Å². The summed E-state index contributed by atoms with van der Waals surface area (Å²) in [6.07, 6.45) is 0. The van der Waals surface area contributed by atoms with Crippen molar-refractivity contribution in [2.24, 2.45) is 0 Å². The minimum Gasteiger partial charge on any atom is -0.497 e. The maximum atomic E-state index is 12.5. The molecule has 2 aromatic carbocycles. The van der Waals surface area contributed by atoms with Gasteiger partial charge in [0.15, 0.2) is 0 Å². The van der Waals surface area contributed by atoms with Gasteiger partial charge < -0.3 is 19.9 Å². The minimum atomic E-state index is -0.683. The Morgan fingerprint density at radius 2 is 1.75 bits per heavy atom. The van der Waals surface area contributed by atoms with Crippen LogP contribution in [0, 0.1) is 13.8 Å².